The zero-order valence-electron chi connectivity index (χ0n) is 16.9. The second kappa shape index (κ2) is 9.76. The van der Waals surface area contributed by atoms with Crippen molar-refractivity contribution in [2.45, 2.75) is 6.92 Å². The molecule has 154 valence electrons. The Morgan fingerprint density at radius 2 is 1.77 bits per heavy atom. The summed E-state index contributed by atoms with van der Waals surface area (Å²) in [5.74, 6) is 0.331. The SMILES string of the molecule is COc1ccc(C(=O)N/C(=C\c2cccs2)C(=O)Nc2cc(C)ccc2OC)cc1. The van der Waals surface area contributed by atoms with Crippen molar-refractivity contribution in [1.29, 1.82) is 0 Å². The van der Waals surface area contributed by atoms with Gasteiger partial charge in [0.2, 0.25) is 0 Å². The van der Waals surface area contributed by atoms with Gasteiger partial charge in [-0.3, -0.25) is 9.59 Å². The van der Waals surface area contributed by atoms with E-state index in [1.807, 2.05) is 36.6 Å². The minimum atomic E-state index is -0.450. The van der Waals surface area contributed by atoms with Gasteiger partial charge in [-0.05, 0) is 66.4 Å². The molecule has 0 aliphatic rings. The van der Waals surface area contributed by atoms with Gasteiger partial charge in [-0.15, -0.1) is 11.3 Å². The molecule has 2 aromatic carbocycles. The summed E-state index contributed by atoms with van der Waals surface area (Å²) in [6, 6.07) is 15.9. The molecule has 0 spiro atoms. The van der Waals surface area contributed by atoms with Crippen molar-refractivity contribution < 1.29 is 19.1 Å². The highest BCUT2D eigenvalue weighted by Gasteiger charge is 2.17. The van der Waals surface area contributed by atoms with Gasteiger partial charge < -0.3 is 20.1 Å². The number of nitrogens with one attached hydrogen (secondary N) is 2. The summed E-state index contributed by atoms with van der Waals surface area (Å²) in [5, 5.41) is 7.44. The summed E-state index contributed by atoms with van der Waals surface area (Å²) in [4.78, 5) is 26.6. The van der Waals surface area contributed by atoms with Crippen LogP contribution in [0.3, 0.4) is 0 Å². The van der Waals surface area contributed by atoms with Crippen molar-refractivity contribution in [1.82, 2.24) is 5.32 Å². The number of hydrogen-bond acceptors (Lipinski definition) is 5. The van der Waals surface area contributed by atoms with Crippen LogP contribution >= 0.6 is 11.3 Å². The van der Waals surface area contributed by atoms with Crippen molar-refractivity contribution in [3.8, 4) is 11.5 Å². The Balaban J connectivity index is 1.86. The summed E-state index contributed by atoms with van der Waals surface area (Å²) < 4.78 is 10.4. The van der Waals surface area contributed by atoms with Crippen molar-refractivity contribution in [3.63, 3.8) is 0 Å². The number of thiophene rings is 1. The number of carbonyl (C=O) groups excluding carboxylic acids is 2. The molecule has 0 aliphatic heterocycles. The number of benzene rings is 2. The Labute approximate surface area is 179 Å². The van der Waals surface area contributed by atoms with Crippen LogP contribution in [0.2, 0.25) is 0 Å². The third kappa shape index (κ3) is 5.27. The quantitative estimate of drug-likeness (QED) is 0.550. The molecule has 2 N–H and O–H groups in total. The number of ether oxygens (including phenoxy) is 2. The lowest BCUT2D eigenvalue weighted by Crippen LogP contribution is -2.30. The van der Waals surface area contributed by atoms with Gasteiger partial charge in [0.25, 0.3) is 11.8 Å². The van der Waals surface area contributed by atoms with Crippen LogP contribution in [0.4, 0.5) is 5.69 Å². The Morgan fingerprint density at radius 3 is 2.40 bits per heavy atom. The number of carbonyl (C=O) groups is 2. The second-order valence-corrected chi connectivity index (χ2v) is 7.39. The standard InChI is InChI=1S/C23H22N2O4S/c1-15-6-11-21(29-3)19(13-15)24-23(27)20(14-18-5-4-12-30-18)25-22(26)16-7-9-17(28-2)10-8-16/h4-14H,1-3H3,(H,24,27)(H,25,26)/b20-14-. The highest BCUT2D eigenvalue weighted by Crippen LogP contribution is 2.26. The van der Waals surface area contributed by atoms with Crippen molar-refractivity contribution in [2.75, 3.05) is 19.5 Å². The fraction of sp³-hybridized carbons (Fsp3) is 0.130. The van der Waals surface area contributed by atoms with Crippen LogP contribution in [0.15, 0.2) is 65.7 Å². The zero-order chi connectivity index (χ0) is 21.5. The third-order valence-electron chi connectivity index (χ3n) is 4.28. The van der Waals surface area contributed by atoms with E-state index in [9.17, 15) is 9.59 Å². The van der Waals surface area contributed by atoms with Crippen LogP contribution < -0.4 is 20.1 Å². The smallest absolute Gasteiger partial charge is 0.272 e. The van der Waals surface area contributed by atoms with Gasteiger partial charge in [-0.1, -0.05) is 12.1 Å². The van der Waals surface area contributed by atoms with Gasteiger partial charge in [0.1, 0.15) is 17.2 Å². The largest absolute Gasteiger partial charge is 0.497 e. The number of anilines is 1. The average Bonchev–Trinajstić information content (AvgIpc) is 3.26. The molecule has 6 nitrogen and oxygen atoms in total. The molecular formula is C23H22N2O4S. The molecule has 0 atom stereocenters. The van der Waals surface area contributed by atoms with Gasteiger partial charge in [-0.25, -0.2) is 0 Å². The highest BCUT2D eigenvalue weighted by atomic mass is 32.1. The lowest BCUT2D eigenvalue weighted by Gasteiger charge is -2.14. The van der Waals surface area contributed by atoms with E-state index >= 15 is 0 Å². The topological polar surface area (TPSA) is 76.7 Å². The fourth-order valence-electron chi connectivity index (χ4n) is 2.72. The Hall–Kier alpha value is -3.58. The van der Waals surface area contributed by atoms with Gasteiger partial charge in [0, 0.05) is 10.4 Å². The first kappa shape index (κ1) is 21.1. The summed E-state index contributed by atoms with van der Waals surface area (Å²) in [5.41, 5.74) is 2.03. The van der Waals surface area contributed by atoms with Crippen molar-refractivity contribution in [3.05, 3.63) is 81.7 Å². The van der Waals surface area contributed by atoms with E-state index in [0.717, 1.165) is 10.4 Å². The third-order valence-corrected chi connectivity index (χ3v) is 5.10. The maximum absolute atomic E-state index is 13.0. The van der Waals surface area contributed by atoms with Gasteiger partial charge in [0.15, 0.2) is 0 Å². The normalized spacial score (nSPS) is 11.0. The summed E-state index contributed by atoms with van der Waals surface area (Å²) >= 11 is 1.46. The number of hydrogen-bond donors (Lipinski definition) is 2. The van der Waals surface area contributed by atoms with E-state index in [0.29, 0.717) is 22.7 Å². The summed E-state index contributed by atoms with van der Waals surface area (Å²) in [7, 11) is 3.09. The molecule has 0 fully saturated rings. The molecule has 7 heteroatoms. The van der Waals surface area contributed by atoms with Crippen molar-refractivity contribution in [2.24, 2.45) is 0 Å². The van der Waals surface area contributed by atoms with E-state index in [2.05, 4.69) is 10.6 Å². The van der Waals surface area contributed by atoms with E-state index < -0.39 is 11.8 Å². The van der Waals surface area contributed by atoms with Crippen LogP contribution in [0, 0.1) is 6.92 Å². The Kier molecular flexibility index (Phi) is 6.87. The monoisotopic (exact) mass is 422 g/mol. The second-order valence-electron chi connectivity index (χ2n) is 6.41. The molecule has 30 heavy (non-hydrogen) atoms. The molecule has 1 aromatic heterocycles. The number of methoxy groups -OCH3 is 2. The van der Waals surface area contributed by atoms with Crippen molar-refractivity contribution >= 4 is 34.9 Å². The van der Waals surface area contributed by atoms with Gasteiger partial charge >= 0.3 is 0 Å². The van der Waals surface area contributed by atoms with Crippen LogP contribution in [0.5, 0.6) is 11.5 Å². The fourth-order valence-corrected chi connectivity index (χ4v) is 3.38. The lowest BCUT2D eigenvalue weighted by molar-refractivity contribution is -0.113. The van der Waals surface area contributed by atoms with E-state index in [-0.39, 0.29) is 5.70 Å². The average molecular weight is 423 g/mol. The summed E-state index contributed by atoms with van der Waals surface area (Å²) in [6.07, 6.45) is 1.64. The molecule has 0 saturated carbocycles. The van der Waals surface area contributed by atoms with E-state index in [1.165, 1.54) is 18.4 Å². The van der Waals surface area contributed by atoms with Crippen LogP contribution in [0.25, 0.3) is 6.08 Å². The molecule has 0 saturated heterocycles. The summed E-state index contributed by atoms with van der Waals surface area (Å²) in [6.45, 7) is 1.92. The maximum Gasteiger partial charge on any atom is 0.272 e. The molecule has 0 bridgehead atoms. The first-order chi connectivity index (χ1) is 14.5. The maximum atomic E-state index is 13.0. The molecular weight excluding hydrogens is 400 g/mol. The first-order valence-electron chi connectivity index (χ1n) is 9.16. The first-order valence-corrected chi connectivity index (χ1v) is 10.0. The van der Waals surface area contributed by atoms with Gasteiger partial charge in [-0.2, -0.15) is 0 Å². The number of rotatable bonds is 7. The van der Waals surface area contributed by atoms with Crippen LogP contribution in [0.1, 0.15) is 20.8 Å². The molecule has 0 aliphatic carbocycles. The van der Waals surface area contributed by atoms with Gasteiger partial charge in [0.05, 0.1) is 19.9 Å². The van der Waals surface area contributed by atoms with Crippen LogP contribution in [-0.4, -0.2) is 26.0 Å². The molecule has 3 rings (SSSR count). The predicted octanol–water partition coefficient (Wildman–Crippen LogP) is 4.48. The van der Waals surface area contributed by atoms with E-state index in [1.54, 1.807) is 43.5 Å². The molecule has 0 radical (unpaired) electrons. The Bertz CT molecular complexity index is 1060. The molecule has 3 aromatic rings. The number of amides is 2. The van der Waals surface area contributed by atoms with Crippen LogP contribution in [-0.2, 0) is 4.79 Å². The highest BCUT2D eigenvalue weighted by molar-refractivity contribution is 7.10. The molecule has 2 amide bonds. The minimum Gasteiger partial charge on any atom is -0.497 e. The predicted molar refractivity (Wildman–Crippen MR) is 119 cm³/mol. The molecule has 1 heterocycles. The minimum absolute atomic E-state index is 0.127. The number of aryl methyl sites for hydroxylation is 1. The zero-order valence-corrected chi connectivity index (χ0v) is 17.7. The lowest BCUT2D eigenvalue weighted by atomic mass is 10.2. The molecule has 0 unspecified atom stereocenters. The van der Waals surface area contributed by atoms with E-state index in [4.69, 9.17) is 9.47 Å². The Morgan fingerprint density at radius 1 is 1.00 bits per heavy atom.